The van der Waals surface area contributed by atoms with Gasteiger partial charge in [0.25, 0.3) is 0 Å². The summed E-state index contributed by atoms with van der Waals surface area (Å²) >= 11 is 0. The molecule has 8 heteroatoms. The normalized spacial score (nSPS) is 15.8. The number of unbranched alkanes of at least 4 members (excludes halogenated alkanes) is 2. The van der Waals surface area contributed by atoms with E-state index in [1.807, 2.05) is 18.5 Å². The van der Waals surface area contributed by atoms with Crippen molar-refractivity contribution in [1.82, 2.24) is 25.2 Å². The molecule has 1 atom stereocenters. The Hall–Kier alpha value is -3.26. The number of aromatic amines is 1. The van der Waals surface area contributed by atoms with E-state index in [1.54, 1.807) is 6.20 Å². The molecular formula is C27H36N6O2. The monoisotopic (exact) mass is 476 g/mol. The van der Waals surface area contributed by atoms with Crippen LogP contribution in [0.3, 0.4) is 0 Å². The molecule has 2 amide bonds. The van der Waals surface area contributed by atoms with Crippen LogP contribution in [0.1, 0.15) is 56.7 Å². The molecule has 3 heterocycles. The number of nitrogens with one attached hydrogen (secondary N) is 2. The number of rotatable bonds is 11. The van der Waals surface area contributed by atoms with Crippen molar-refractivity contribution in [1.29, 1.82) is 0 Å². The standard InChI is InChI=1S/C27H36N6O2/c1-33-13-10-20(11-14-33)27(35)31-17-22(5-3-2-4-6-25(28)34)26-30-18-24(32-26)21-8-7-19-9-12-29-16-23(19)15-21/h7-9,12,15-16,18,20,22H,2-6,10-11,13-14,17H2,1H3,(H2,28,34)(H,30,32)(H,31,35). The van der Waals surface area contributed by atoms with Gasteiger partial charge >= 0.3 is 0 Å². The molecule has 1 unspecified atom stereocenters. The van der Waals surface area contributed by atoms with Gasteiger partial charge in [0, 0.05) is 48.1 Å². The number of pyridine rings is 1. The summed E-state index contributed by atoms with van der Waals surface area (Å²) in [5, 5.41) is 5.43. The highest BCUT2D eigenvalue weighted by Gasteiger charge is 2.24. The number of likely N-dealkylation sites (tertiary alicyclic amines) is 1. The van der Waals surface area contributed by atoms with Crippen molar-refractivity contribution in [2.75, 3.05) is 26.7 Å². The highest BCUT2D eigenvalue weighted by atomic mass is 16.2. The Kier molecular flexibility index (Phi) is 8.47. The van der Waals surface area contributed by atoms with Crippen LogP contribution in [0.15, 0.2) is 42.9 Å². The lowest BCUT2D eigenvalue weighted by Gasteiger charge is -2.28. The molecule has 3 aromatic rings. The number of amides is 2. The van der Waals surface area contributed by atoms with Crippen LogP contribution < -0.4 is 11.1 Å². The van der Waals surface area contributed by atoms with Crippen molar-refractivity contribution in [2.24, 2.45) is 11.7 Å². The molecule has 0 aliphatic carbocycles. The minimum absolute atomic E-state index is 0.0784. The summed E-state index contributed by atoms with van der Waals surface area (Å²) in [5.74, 6) is 0.930. The first-order valence-electron chi connectivity index (χ1n) is 12.6. The number of fused-ring (bicyclic) bond motifs is 1. The smallest absolute Gasteiger partial charge is 0.223 e. The fourth-order valence-corrected chi connectivity index (χ4v) is 4.78. The van der Waals surface area contributed by atoms with Gasteiger partial charge in [0.05, 0.1) is 11.9 Å². The summed E-state index contributed by atoms with van der Waals surface area (Å²) in [6, 6.07) is 8.28. The molecule has 0 spiro atoms. The largest absolute Gasteiger partial charge is 0.370 e. The fraction of sp³-hybridized carbons (Fsp3) is 0.481. The van der Waals surface area contributed by atoms with E-state index in [0.29, 0.717) is 13.0 Å². The highest BCUT2D eigenvalue weighted by molar-refractivity contribution is 5.86. The van der Waals surface area contributed by atoms with Gasteiger partial charge < -0.3 is 20.9 Å². The van der Waals surface area contributed by atoms with Crippen LogP contribution in [-0.4, -0.2) is 58.3 Å². The van der Waals surface area contributed by atoms with E-state index in [-0.39, 0.29) is 23.7 Å². The zero-order valence-electron chi connectivity index (χ0n) is 20.5. The maximum absolute atomic E-state index is 12.8. The number of carbonyl (C=O) groups is 2. The number of H-pyrrole nitrogens is 1. The Morgan fingerprint density at radius 3 is 2.77 bits per heavy atom. The molecule has 0 saturated carbocycles. The zero-order valence-corrected chi connectivity index (χ0v) is 20.5. The van der Waals surface area contributed by atoms with Gasteiger partial charge in [-0.15, -0.1) is 0 Å². The number of benzene rings is 1. The number of nitrogens with zero attached hydrogens (tertiary/aromatic N) is 3. The highest BCUT2D eigenvalue weighted by Crippen LogP contribution is 2.26. The number of nitrogens with two attached hydrogens (primary N) is 1. The number of primary amides is 1. The molecule has 1 aliphatic rings. The SMILES string of the molecule is CN1CCC(C(=O)NCC(CCCCCC(N)=O)c2ncc(-c3ccc4ccncc4c3)[nH]2)CC1. The van der Waals surface area contributed by atoms with E-state index in [0.717, 1.165) is 79.5 Å². The van der Waals surface area contributed by atoms with E-state index >= 15 is 0 Å². The van der Waals surface area contributed by atoms with E-state index in [4.69, 9.17) is 10.7 Å². The van der Waals surface area contributed by atoms with Gasteiger partial charge in [0.2, 0.25) is 11.8 Å². The molecule has 1 aliphatic heterocycles. The third-order valence-corrected chi connectivity index (χ3v) is 7.02. The first-order chi connectivity index (χ1) is 17.0. The lowest BCUT2D eigenvalue weighted by molar-refractivity contribution is -0.126. The minimum atomic E-state index is -0.256. The molecule has 1 aromatic carbocycles. The lowest BCUT2D eigenvalue weighted by atomic mass is 9.95. The minimum Gasteiger partial charge on any atom is -0.370 e. The van der Waals surface area contributed by atoms with Gasteiger partial charge in [0.1, 0.15) is 5.82 Å². The van der Waals surface area contributed by atoms with E-state index in [9.17, 15) is 9.59 Å². The Labute approximate surface area is 206 Å². The third-order valence-electron chi connectivity index (χ3n) is 7.02. The Morgan fingerprint density at radius 1 is 1.14 bits per heavy atom. The predicted octanol–water partition coefficient (Wildman–Crippen LogP) is 3.60. The first kappa shape index (κ1) is 24.9. The van der Waals surface area contributed by atoms with Crippen molar-refractivity contribution >= 4 is 22.6 Å². The molecule has 186 valence electrons. The molecule has 4 N–H and O–H groups in total. The Bertz CT molecular complexity index is 1140. The van der Waals surface area contributed by atoms with Crippen LogP contribution >= 0.6 is 0 Å². The van der Waals surface area contributed by atoms with Crippen LogP contribution in [-0.2, 0) is 9.59 Å². The van der Waals surface area contributed by atoms with Gasteiger partial charge in [-0.05, 0) is 63.3 Å². The third kappa shape index (κ3) is 6.88. The Morgan fingerprint density at radius 2 is 1.97 bits per heavy atom. The van der Waals surface area contributed by atoms with E-state index < -0.39 is 0 Å². The zero-order chi connectivity index (χ0) is 24.6. The second-order valence-corrected chi connectivity index (χ2v) is 9.70. The van der Waals surface area contributed by atoms with Crippen molar-refractivity contribution in [3.63, 3.8) is 0 Å². The number of hydrogen-bond donors (Lipinski definition) is 3. The Balaban J connectivity index is 1.43. The number of hydrogen-bond acceptors (Lipinski definition) is 5. The quantitative estimate of drug-likeness (QED) is 0.366. The molecule has 35 heavy (non-hydrogen) atoms. The van der Waals surface area contributed by atoms with Gasteiger partial charge in [-0.2, -0.15) is 0 Å². The molecule has 8 nitrogen and oxygen atoms in total. The van der Waals surface area contributed by atoms with Crippen molar-refractivity contribution < 1.29 is 9.59 Å². The van der Waals surface area contributed by atoms with Gasteiger partial charge in [-0.25, -0.2) is 4.98 Å². The molecule has 1 fully saturated rings. The molecule has 1 saturated heterocycles. The maximum atomic E-state index is 12.8. The maximum Gasteiger partial charge on any atom is 0.223 e. The molecule has 0 radical (unpaired) electrons. The van der Waals surface area contributed by atoms with Crippen molar-refractivity contribution in [3.05, 3.63) is 48.7 Å². The van der Waals surface area contributed by atoms with Crippen LogP contribution in [0.2, 0.25) is 0 Å². The summed E-state index contributed by atoms with van der Waals surface area (Å²) < 4.78 is 0. The van der Waals surface area contributed by atoms with Gasteiger partial charge in [-0.1, -0.05) is 25.0 Å². The van der Waals surface area contributed by atoms with Crippen molar-refractivity contribution in [3.8, 4) is 11.3 Å². The number of aromatic nitrogens is 3. The first-order valence-corrected chi connectivity index (χ1v) is 12.6. The average molecular weight is 477 g/mol. The summed E-state index contributed by atoms with van der Waals surface area (Å²) in [5.41, 5.74) is 7.28. The fourth-order valence-electron chi connectivity index (χ4n) is 4.78. The van der Waals surface area contributed by atoms with Gasteiger partial charge in [0.15, 0.2) is 0 Å². The number of imidazole rings is 1. The molecule has 2 aromatic heterocycles. The van der Waals surface area contributed by atoms with E-state index in [1.165, 1.54) is 0 Å². The van der Waals surface area contributed by atoms with Crippen LogP contribution in [0.4, 0.5) is 0 Å². The van der Waals surface area contributed by atoms with E-state index in [2.05, 4.69) is 45.4 Å². The van der Waals surface area contributed by atoms with Gasteiger partial charge in [-0.3, -0.25) is 14.6 Å². The summed E-state index contributed by atoms with van der Waals surface area (Å²) in [6.07, 6.45) is 11.3. The van der Waals surface area contributed by atoms with Crippen LogP contribution in [0, 0.1) is 5.92 Å². The number of carbonyl (C=O) groups excluding carboxylic acids is 2. The van der Waals surface area contributed by atoms with Crippen molar-refractivity contribution in [2.45, 2.75) is 50.9 Å². The second kappa shape index (κ2) is 11.9. The molecule has 4 rings (SSSR count). The molecule has 0 bridgehead atoms. The summed E-state index contributed by atoms with van der Waals surface area (Å²) in [6.45, 7) is 2.48. The summed E-state index contributed by atoms with van der Waals surface area (Å²) in [4.78, 5) is 38.6. The topological polar surface area (TPSA) is 117 Å². The predicted molar refractivity (Wildman–Crippen MR) is 138 cm³/mol. The number of piperidine rings is 1. The summed E-state index contributed by atoms with van der Waals surface area (Å²) in [7, 11) is 2.10. The van der Waals surface area contributed by atoms with Crippen LogP contribution in [0.5, 0.6) is 0 Å². The second-order valence-electron chi connectivity index (χ2n) is 9.70. The van der Waals surface area contributed by atoms with Crippen LogP contribution in [0.25, 0.3) is 22.0 Å². The lowest BCUT2D eigenvalue weighted by Crippen LogP contribution is -2.40. The average Bonchev–Trinajstić information content (AvgIpc) is 3.35. The molecular weight excluding hydrogens is 440 g/mol.